The summed E-state index contributed by atoms with van der Waals surface area (Å²) >= 11 is 6.45. The summed E-state index contributed by atoms with van der Waals surface area (Å²) in [5.41, 5.74) is -0.269. The van der Waals surface area contributed by atoms with Gasteiger partial charge in [0.1, 0.15) is 23.1 Å². The molecule has 1 aliphatic carbocycles. The molecule has 2 aromatic carbocycles. The average molecular weight is 617 g/mol. The Hall–Kier alpha value is -4.61. The van der Waals surface area contributed by atoms with Gasteiger partial charge < -0.3 is 10.6 Å². The van der Waals surface area contributed by atoms with Crippen molar-refractivity contribution in [2.75, 3.05) is 23.0 Å². The van der Waals surface area contributed by atoms with Gasteiger partial charge in [0, 0.05) is 53.9 Å². The lowest BCUT2D eigenvalue weighted by Crippen LogP contribution is -2.63. The molecule has 2 unspecified atom stereocenters. The van der Waals surface area contributed by atoms with E-state index in [4.69, 9.17) is 11.6 Å². The van der Waals surface area contributed by atoms with E-state index in [2.05, 4.69) is 15.6 Å². The van der Waals surface area contributed by atoms with Crippen LogP contribution in [0.3, 0.4) is 0 Å². The lowest BCUT2D eigenvalue weighted by Gasteiger charge is -2.37. The number of carbonyl (C=O) groups excluding carboxylic acids is 2. The van der Waals surface area contributed by atoms with Crippen LogP contribution < -0.4 is 20.5 Å². The Morgan fingerprint density at radius 1 is 1.19 bits per heavy atom. The highest BCUT2D eigenvalue weighted by atomic mass is 35.5. The fourth-order valence-corrected chi connectivity index (χ4v) is 5.28. The van der Waals surface area contributed by atoms with Crippen molar-refractivity contribution in [2.24, 2.45) is 0 Å². The highest BCUT2D eigenvalue weighted by Gasteiger charge is 2.51. The van der Waals surface area contributed by atoms with Gasteiger partial charge in [-0.1, -0.05) is 34.8 Å². The first kappa shape index (κ1) is 29.9. The molecule has 1 saturated carbocycles. The molecule has 1 saturated heterocycles. The zero-order valence-electron chi connectivity index (χ0n) is 22.2. The molecule has 222 valence electrons. The molecule has 2 aliphatic rings. The van der Waals surface area contributed by atoms with Gasteiger partial charge in [0.25, 0.3) is 11.8 Å². The van der Waals surface area contributed by atoms with Crippen LogP contribution in [-0.2, 0) is 9.59 Å². The molecule has 0 spiro atoms. The number of piperazine rings is 1. The molecule has 3 aromatic rings. The van der Waals surface area contributed by atoms with Crippen molar-refractivity contribution >= 4 is 34.9 Å². The topological polar surface area (TPSA) is 121 Å². The average Bonchev–Trinajstić information content (AvgIpc) is 2.94. The van der Waals surface area contributed by atoms with Crippen molar-refractivity contribution in [3.8, 4) is 6.07 Å². The van der Waals surface area contributed by atoms with Crippen molar-refractivity contribution in [1.82, 2.24) is 15.6 Å². The van der Waals surface area contributed by atoms with Crippen molar-refractivity contribution in [2.45, 2.75) is 37.0 Å². The molecule has 2 N–H and O–H groups in total. The number of nitroso groups, excluding NO2 is 1. The Kier molecular flexibility index (Phi) is 8.30. The summed E-state index contributed by atoms with van der Waals surface area (Å²) in [5, 5.41) is 15.3. The van der Waals surface area contributed by atoms with Gasteiger partial charge in [-0.3, -0.25) is 9.59 Å². The van der Waals surface area contributed by atoms with Gasteiger partial charge in [0.05, 0.1) is 29.6 Å². The van der Waals surface area contributed by atoms with Gasteiger partial charge in [-0.2, -0.15) is 5.26 Å². The van der Waals surface area contributed by atoms with E-state index in [0.717, 1.165) is 17.0 Å². The molecule has 1 aromatic heterocycles. The minimum Gasteiger partial charge on any atom is -0.351 e. The maximum atomic E-state index is 14.6. The van der Waals surface area contributed by atoms with Crippen LogP contribution in [-0.4, -0.2) is 52.9 Å². The molecule has 0 bridgehead atoms. The first-order valence-electron chi connectivity index (χ1n) is 13.0. The molecule has 0 radical (unpaired) electrons. The summed E-state index contributed by atoms with van der Waals surface area (Å²) in [6.07, 6.45) is -1.51. The zero-order valence-corrected chi connectivity index (χ0v) is 22.9. The summed E-state index contributed by atoms with van der Waals surface area (Å²) in [7, 11) is 0. The standard InChI is InChI=1S/C28H22ClF4N7O3/c29-22-4-2-1-3-21(22)26(27(42)37-19-11-28(32,33)12-19)39(20-9-17(30)8-18(31)10-20)40(43)24-14-35-15-25(41)38(24)23-7-16(13-34)5-6-36-23/h1-10,19,24,26,35H,11-12,14-15H2/p+1. The maximum absolute atomic E-state index is 14.6. The van der Waals surface area contributed by atoms with E-state index in [1.54, 1.807) is 6.07 Å². The monoisotopic (exact) mass is 616 g/mol. The smallest absolute Gasteiger partial charge is 0.329 e. The Balaban J connectivity index is 1.65. The summed E-state index contributed by atoms with van der Waals surface area (Å²) in [5.74, 6) is -6.78. The van der Waals surface area contributed by atoms with E-state index in [0.29, 0.717) is 11.1 Å². The molecule has 2 heterocycles. The zero-order chi connectivity index (χ0) is 30.9. The van der Waals surface area contributed by atoms with E-state index < -0.39 is 66.1 Å². The van der Waals surface area contributed by atoms with Crippen LogP contribution in [0.4, 0.5) is 29.1 Å². The lowest BCUT2D eigenvalue weighted by molar-refractivity contribution is -0.598. The van der Waals surface area contributed by atoms with E-state index in [1.807, 2.05) is 6.07 Å². The number of halogens is 5. The number of amides is 2. The minimum absolute atomic E-state index is 0.00467. The van der Waals surface area contributed by atoms with Gasteiger partial charge in [0.15, 0.2) is 10.9 Å². The molecule has 2 atom stereocenters. The second-order valence-electron chi connectivity index (χ2n) is 10.1. The van der Waals surface area contributed by atoms with Crippen LogP contribution in [0.5, 0.6) is 0 Å². The fraction of sp³-hybridized carbons (Fsp3) is 0.286. The number of benzene rings is 2. The predicted octanol–water partition coefficient (Wildman–Crippen LogP) is 4.00. The number of hydrogen-bond acceptors (Lipinski definition) is 6. The number of hydrogen-bond donors (Lipinski definition) is 2. The van der Waals surface area contributed by atoms with Crippen LogP contribution in [0.25, 0.3) is 0 Å². The Morgan fingerprint density at radius 2 is 1.88 bits per heavy atom. The van der Waals surface area contributed by atoms with E-state index >= 15 is 0 Å². The van der Waals surface area contributed by atoms with Gasteiger partial charge in [-0.05, 0) is 18.2 Å². The predicted molar refractivity (Wildman–Crippen MR) is 146 cm³/mol. The van der Waals surface area contributed by atoms with Gasteiger partial charge in [-0.15, -0.1) is 0 Å². The quantitative estimate of drug-likeness (QED) is 0.223. The van der Waals surface area contributed by atoms with Crippen LogP contribution in [0.2, 0.25) is 5.02 Å². The number of alkyl halides is 2. The van der Waals surface area contributed by atoms with E-state index in [1.165, 1.54) is 36.5 Å². The van der Waals surface area contributed by atoms with Crippen LogP contribution in [0.1, 0.15) is 30.0 Å². The van der Waals surface area contributed by atoms with E-state index in [-0.39, 0.29) is 39.9 Å². The number of rotatable bonds is 8. The second-order valence-corrected chi connectivity index (χ2v) is 10.5. The molecule has 15 heteroatoms. The molecule has 2 amide bonds. The first-order chi connectivity index (χ1) is 20.5. The van der Waals surface area contributed by atoms with Crippen LogP contribution in [0.15, 0.2) is 60.8 Å². The summed E-state index contributed by atoms with van der Waals surface area (Å²) in [6, 6.07) is 9.97. The summed E-state index contributed by atoms with van der Waals surface area (Å²) in [6.45, 7) is -0.407. The number of aromatic nitrogens is 1. The molecule has 1 aliphatic heterocycles. The lowest BCUT2D eigenvalue weighted by atomic mass is 9.88. The van der Waals surface area contributed by atoms with Crippen LogP contribution in [0, 0.1) is 27.9 Å². The molecule has 5 rings (SSSR count). The van der Waals surface area contributed by atoms with Crippen molar-refractivity contribution < 1.29 is 32.0 Å². The normalized spacial score (nSPS) is 18.7. The fourth-order valence-electron chi connectivity index (χ4n) is 5.04. The third kappa shape index (κ3) is 6.27. The number of anilines is 2. The number of hydrazine groups is 1. The number of nitriles is 1. The highest BCUT2D eigenvalue weighted by Crippen LogP contribution is 2.39. The SMILES string of the molecule is N#Cc1ccnc(N2C(=O)CNCC2[N+](=O)N(c2cc(F)cc(F)c2)C(C(=O)NC2CC(F)(F)C2)c2ccccc2Cl)c1. The third-order valence-electron chi connectivity index (χ3n) is 7.00. The van der Waals surface area contributed by atoms with Crippen molar-refractivity contribution in [3.05, 3.63) is 93.5 Å². The highest BCUT2D eigenvalue weighted by molar-refractivity contribution is 6.31. The minimum atomic E-state index is -2.98. The molecule has 10 nitrogen and oxygen atoms in total. The Bertz CT molecular complexity index is 1610. The third-order valence-corrected chi connectivity index (χ3v) is 7.34. The van der Waals surface area contributed by atoms with Gasteiger partial charge in [0.2, 0.25) is 5.91 Å². The number of nitrogens with zero attached hydrogens (tertiary/aromatic N) is 5. The Morgan fingerprint density at radius 3 is 2.53 bits per heavy atom. The summed E-state index contributed by atoms with van der Waals surface area (Å²) in [4.78, 5) is 46.7. The molecular formula is C28H23ClF4N7O3+. The molecular weight excluding hydrogens is 594 g/mol. The Labute approximate surface area is 247 Å². The number of pyridine rings is 1. The first-order valence-corrected chi connectivity index (χ1v) is 13.4. The number of carbonyl (C=O) groups is 2. The number of nitrogens with one attached hydrogen (secondary N) is 2. The largest absolute Gasteiger partial charge is 0.351 e. The van der Waals surface area contributed by atoms with E-state index in [9.17, 15) is 37.3 Å². The molecule has 43 heavy (non-hydrogen) atoms. The van der Waals surface area contributed by atoms with Gasteiger partial charge in [-0.25, -0.2) is 27.4 Å². The molecule has 2 fully saturated rings. The summed E-state index contributed by atoms with van der Waals surface area (Å²) < 4.78 is 56.4. The van der Waals surface area contributed by atoms with Crippen molar-refractivity contribution in [1.29, 1.82) is 5.26 Å². The van der Waals surface area contributed by atoms with Gasteiger partial charge >= 0.3 is 6.17 Å². The second kappa shape index (κ2) is 11.9. The van der Waals surface area contributed by atoms with Crippen LogP contribution >= 0.6 is 11.6 Å². The van der Waals surface area contributed by atoms with Crippen molar-refractivity contribution in [3.63, 3.8) is 0 Å². The maximum Gasteiger partial charge on any atom is 0.329 e.